The summed E-state index contributed by atoms with van der Waals surface area (Å²) in [5, 5.41) is 90.8. The minimum absolute atomic E-state index is 0.459. The van der Waals surface area contributed by atoms with Gasteiger partial charge in [0.15, 0.2) is 12.6 Å². The molecule has 0 aliphatic carbocycles. The summed E-state index contributed by atoms with van der Waals surface area (Å²) in [4.78, 5) is 0. The highest BCUT2D eigenvalue weighted by molar-refractivity contribution is 6.43. The summed E-state index contributed by atoms with van der Waals surface area (Å²) in [7, 11) is -0.653. The van der Waals surface area contributed by atoms with Crippen molar-refractivity contribution in [1.82, 2.24) is 0 Å². The third kappa shape index (κ3) is 5.05. The SMILES string of the molecule is CB1OC2C(O1)[C@H](O)[C@H](OC[C@@H]1O[C@@H](O[C@]3(CO)O[C@H](CO)[C@@H](O)[C@@H]3O)[C@@H](O)[C@H](O)[C@H]1O)O[C@H]2CO. The normalized spacial score (nSPS) is 51.5. The standard InChI is InChI=1S/C19H33BO16/c1-20-35-14-7(3-22)31-17(13(28)15(14)36-20)30-4-8-9(24)11(26)12(27)18(32-8)34-19(5-23)16(29)10(25)6(2-21)33-19/h6-18,21-29H,2-5H2,1H3/t6-,7+,8+,9+,10-,11-,12+,13+,14?,15?,16+,17-,18+,19+/m1/s1. The lowest BCUT2D eigenvalue weighted by molar-refractivity contribution is -0.387. The summed E-state index contributed by atoms with van der Waals surface area (Å²) in [6, 6.07) is 0. The molecule has 2 unspecified atom stereocenters. The molecular formula is C19H33BO16. The number of aliphatic hydroxyl groups is 9. The fraction of sp³-hybridized carbons (Fsp3) is 1.00. The summed E-state index contributed by atoms with van der Waals surface area (Å²) in [5.74, 6) is -2.32. The highest BCUT2D eigenvalue weighted by Gasteiger charge is 2.59. The summed E-state index contributed by atoms with van der Waals surface area (Å²) in [6.45, 7) is -1.11. The van der Waals surface area contributed by atoms with Gasteiger partial charge in [-0.1, -0.05) is 0 Å². The molecule has 0 bridgehead atoms. The molecule has 0 aromatic rings. The Labute approximate surface area is 205 Å². The van der Waals surface area contributed by atoms with Gasteiger partial charge in [0.2, 0.25) is 5.79 Å². The highest BCUT2D eigenvalue weighted by atomic mass is 16.8. The van der Waals surface area contributed by atoms with E-state index in [1.807, 2.05) is 0 Å². The summed E-state index contributed by atoms with van der Waals surface area (Å²) < 4.78 is 38.3. The Hall–Kier alpha value is -0.575. The number of aliphatic hydroxyl groups excluding tert-OH is 9. The number of hydrogen-bond donors (Lipinski definition) is 9. The maximum Gasteiger partial charge on any atom is 0.454 e. The predicted molar refractivity (Wildman–Crippen MR) is 111 cm³/mol. The monoisotopic (exact) mass is 528 g/mol. The lowest BCUT2D eigenvalue weighted by Gasteiger charge is -2.44. The minimum atomic E-state index is -2.32. The van der Waals surface area contributed by atoms with E-state index in [9.17, 15) is 46.0 Å². The van der Waals surface area contributed by atoms with Crippen LogP contribution in [0.2, 0.25) is 6.82 Å². The second kappa shape index (κ2) is 11.3. The van der Waals surface area contributed by atoms with Gasteiger partial charge in [-0.25, -0.2) is 0 Å². The molecule has 0 spiro atoms. The van der Waals surface area contributed by atoms with Gasteiger partial charge < -0.3 is 79.0 Å². The molecule has 4 aliphatic rings. The van der Waals surface area contributed by atoms with E-state index in [-0.39, 0.29) is 0 Å². The zero-order valence-electron chi connectivity index (χ0n) is 19.3. The van der Waals surface area contributed by atoms with Crippen LogP contribution in [0.5, 0.6) is 0 Å². The fourth-order valence-electron chi connectivity index (χ4n) is 4.78. The van der Waals surface area contributed by atoms with Crippen molar-refractivity contribution >= 4 is 7.12 Å². The van der Waals surface area contributed by atoms with Crippen LogP contribution in [0.3, 0.4) is 0 Å². The van der Waals surface area contributed by atoms with E-state index < -0.39 is 119 Å². The first-order chi connectivity index (χ1) is 17.1. The topological polar surface area (TPSA) is 247 Å². The van der Waals surface area contributed by atoms with Crippen molar-refractivity contribution in [2.45, 2.75) is 92.3 Å². The molecule has 4 heterocycles. The number of rotatable bonds is 8. The first-order valence-electron chi connectivity index (χ1n) is 11.6. The van der Waals surface area contributed by atoms with Gasteiger partial charge >= 0.3 is 7.12 Å². The molecule has 0 saturated carbocycles. The molecule has 14 atom stereocenters. The molecule has 0 aromatic carbocycles. The van der Waals surface area contributed by atoms with Gasteiger partial charge in [-0.15, -0.1) is 0 Å². The Balaban J connectivity index is 1.43. The van der Waals surface area contributed by atoms with Crippen LogP contribution in [-0.2, 0) is 33.0 Å². The van der Waals surface area contributed by atoms with Crippen LogP contribution in [-0.4, -0.2) is 165 Å². The smallest absolute Gasteiger partial charge is 0.403 e. The van der Waals surface area contributed by atoms with E-state index in [4.69, 9.17) is 33.0 Å². The lowest BCUT2D eigenvalue weighted by Crippen LogP contribution is -2.63. The molecule has 208 valence electrons. The van der Waals surface area contributed by atoms with Gasteiger partial charge in [-0.2, -0.15) is 0 Å². The average Bonchev–Trinajstić information content (AvgIpc) is 3.38. The van der Waals surface area contributed by atoms with E-state index >= 15 is 0 Å². The van der Waals surface area contributed by atoms with Crippen molar-refractivity contribution in [2.75, 3.05) is 26.4 Å². The zero-order chi connectivity index (χ0) is 26.4. The molecule has 16 nitrogen and oxygen atoms in total. The van der Waals surface area contributed by atoms with Crippen molar-refractivity contribution in [2.24, 2.45) is 0 Å². The Morgan fingerprint density at radius 2 is 1.36 bits per heavy atom. The van der Waals surface area contributed by atoms with Crippen LogP contribution < -0.4 is 0 Å². The molecular weight excluding hydrogens is 495 g/mol. The Kier molecular flexibility index (Phi) is 8.90. The van der Waals surface area contributed by atoms with Crippen molar-refractivity contribution in [3.05, 3.63) is 0 Å². The Morgan fingerprint density at radius 3 is 1.97 bits per heavy atom. The van der Waals surface area contributed by atoms with Gasteiger partial charge in [0.05, 0.1) is 25.9 Å². The Morgan fingerprint density at radius 1 is 0.722 bits per heavy atom. The average molecular weight is 528 g/mol. The highest BCUT2D eigenvalue weighted by Crippen LogP contribution is 2.36. The van der Waals surface area contributed by atoms with Gasteiger partial charge in [0, 0.05) is 0 Å². The van der Waals surface area contributed by atoms with Crippen molar-refractivity contribution in [3.63, 3.8) is 0 Å². The molecule has 17 heteroatoms. The molecule has 4 fully saturated rings. The van der Waals surface area contributed by atoms with E-state index in [0.717, 1.165) is 0 Å². The number of ether oxygens (including phenoxy) is 5. The van der Waals surface area contributed by atoms with Gasteiger partial charge in [0.1, 0.15) is 67.6 Å². The number of fused-ring (bicyclic) bond motifs is 1. The zero-order valence-corrected chi connectivity index (χ0v) is 19.3. The van der Waals surface area contributed by atoms with E-state index in [1.54, 1.807) is 6.82 Å². The van der Waals surface area contributed by atoms with Crippen LogP contribution in [0.4, 0.5) is 0 Å². The maximum atomic E-state index is 10.6. The quantitative estimate of drug-likeness (QED) is 0.133. The lowest BCUT2D eigenvalue weighted by atomic mass is 9.97. The van der Waals surface area contributed by atoms with E-state index in [1.165, 1.54) is 0 Å². The first kappa shape index (κ1) is 28.4. The first-order valence-corrected chi connectivity index (χ1v) is 11.6. The van der Waals surface area contributed by atoms with Crippen molar-refractivity contribution in [1.29, 1.82) is 0 Å². The molecule has 4 saturated heterocycles. The minimum Gasteiger partial charge on any atom is -0.403 e. The summed E-state index contributed by atoms with van der Waals surface area (Å²) >= 11 is 0. The molecule has 4 aliphatic heterocycles. The van der Waals surface area contributed by atoms with Crippen molar-refractivity contribution < 1.29 is 79.0 Å². The molecule has 0 radical (unpaired) electrons. The van der Waals surface area contributed by atoms with Crippen molar-refractivity contribution in [3.8, 4) is 0 Å². The van der Waals surface area contributed by atoms with Crippen LogP contribution in [0.1, 0.15) is 0 Å². The fourth-order valence-corrected chi connectivity index (χ4v) is 4.78. The molecule has 4 rings (SSSR count). The third-order valence-electron chi connectivity index (χ3n) is 6.81. The number of hydrogen-bond acceptors (Lipinski definition) is 16. The molecule has 36 heavy (non-hydrogen) atoms. The molecule has 0 aromatic heterocycles. The van der Waals surface area contributed by atoms with Crippen LogP contribution >= 0.6 is 0 Å². The second-order valence-electron chi connectivity index (χ2n) is 9.20. The van der Waals surface area contributed by atoms with Gasteiger partial charge in [-0.05, 0) is 6.82 Å². The summed E-state index contributed by atoms with van der Waals surface area (Å²) in [5.41, 5.74) is 0. The largest absolute Gasteiger partial charge is 0.454 e. The third-order valence-corrected chi connectivity index (χ3v) is 6.81. The molecule has 9 N–H and O–H groups in total. The summed E-state index contributed by atoms with van der Waals surface area (Å²) in [6.07, 6.45) is -18.6. The van der Waals surface area contributed by atoms with Gasteiger partial charge in [0.25, 0.3) is 0 Å². The van der Waals surface area contributed by atoms with Crippen LogP contribution in [0, 0.1) is 0 Å². The maximum absolute atomic E-state index is 10.6. The molecule has 0 amide bonds. The van der Waals surface area contributed by atoms with E-state index in [0.29, 0.717) is 0 Å². The van der Waals surface area contributed by atoms with Gasteiger partial charge in [-0.3, -0.25) is 0 Å². The van der Waals surface area contributed by atoms with Crippen LogP contribution in [0.25, 0.3) is 0 Å². The van der Waals surface area contributed by atoms with Crippen LogP contribution in [0.15, 0.2) is 0 Å². The predicted octanol–water partition coefficient (Wildman–Crippen LogP) is -6.39. The second-order valence-corrected chi connectivity index (χ2v) is 9.20. The van der Waals surface area contributed by atoms with E-state index in [2.05, 4.69) is 0 Å². The Bertz CT molecular complexity index is 736.